The van der Waals surface area contributed by atoms with Crippen molar-refractivity contribution in [2.75, 3.05) is 6.61 Å². The molecule has 2 aromatic rings. The van der Waals surface area contributed by atoms with E-state index >= 15 is 0 Å². The van der Waals surface area contributed by atoms with Crippen LogP contribution in [-0.2, 0) is 16.2 Å². The van der Waals surface area contributed by atoms with Gasteiger partial charge in [0, 0.05) is 5.02 Å². The number of carbonyl (C=O) groups excluding carboxylic acids is 1. The Kier molecular flexibility index (Phi) is 5.58. The number of hydrogen-bond acceptors (Lipinski definition) is 5. The van der Waals surface area contributed by atoms with Gasteiger partial charge in [-0.3, -0.25) is 0 Å². The smallest absolute Gasteiger partial charge is 0.367 e. The van der Waals surface area contributed by atoms with Gasteiger partial charge in [0.2, 0.25) is 0 Å². The normalized spacial score (nSPS) is 15.0. The molecule has 5 nitrogen and oxygen atoms in total. The first kappa shape index (κ1) is 18.0. The van der Waals surface area contributed by atoms with Crippen molar-refractivity contribution in [3.05, 3.63) is 64.2 Å². The second-order valence-corrected chi connectivity index (χ2v) is 6.11. The summed E-state index contributed by atoms with van der Waals surface area (Å²) < 4.78 is 11.6. The van der Waals surface area contributed by atoms with Gasteiger partial charge in [-0.25, -0.2) is 4.79 Å². The van der Waals surface area contributed by atoms with Crippen molar-refractivity contribution in [2.24, 2.45) is 5.16 Å². The first-order chi connectivity index (χ1) is 12.6. The van der Waals surface area contributed by atoms with Gasteiger partial charge in [0.1, 0.15) is 6.61 Å². The summed E-state index contributed by atoms with van der Waals surface area (Å²) in [6.07, 6.45) is 1.72. The summed E-state index contributed by atoms with van der Waals surface area (Å²) in [4.78, 5) is 16.3. The highest BCUT2D eigenvalue weighted by Crippen LogP contribution is 2.31. The van der Waals surface area contributed by atoms with Gasteiger partial charge in [-0.1, -0.05) is 35.0 Å². The van der Waals surface area contributed by atoms with Crippen LogP contribution in [-0.4, -0.2) is 18.3 Å². The number of carbonyl (C=O) groups is 1. The zero-order valence-corrected chi connectivity index (χ0v) is 15.2. The van der Waals surface area contributed by atoms with Crippen LogP contribution < -0.4 is 9.47 Å². The minimum absolute atomic E-state index is 0.374. The average molecular weight is 372 g/mol. The fourth-order valence-electron chi connectivity index (χ4n) is 2.48. The van der Waals surface area contributed by atoms with Crippen LogP contribution in [0.3, 0.4) is 0 Å². The number of hydrogen-bond donors (Lipinski definition) is 0. The van der Waals surface area contributed by atoms with Crippen LogP contribution in [0.5, 0.6) is 11.5 Å². The molecule has 0 aromatic heterocycles. The predicted octanol–water partition coefficient (Wildman–Crippen LogP) is 4.63. The third-order valence-electron chi connectivity index (χ3n) is 3.74. The highest BCUT2D eigenvalue weighted by Gasteiger charge is 2.21. The minimum Gasteiger partial charge on any atom is -0.490 e. The van der Waals surface area contributed by atoms with E-state index in [1.54, 1.807) is 13.0 Å². The molecule has 6 heteroatoms. The van der Waals surface area contributed by atoms with Crippen molar-refractivity contribution in [3.8, 4) is 11.5 Å². The Morgan fingerprint density at radius 1 is 1.15 bits per heavy atom. The van der Waals surface area contributed by atoms with E-state index < -0.39 is 5.97 Å². The number of halogens is 1. The number of benzene rings is 2. The molecule has 3 rings (SSSR count). The standard InChI is InChI=1S/C20H18ClNO4/c1-3-24-19-11-14(10-17-13(2)22-26-20(17)23)7-8-18(19)25-12-15-5-4-6-16(21)9-15/h4-11H,3,12H2,1-2H3. The van der Waals surface area contributed by atoms with Crippen LogP contribution in [0.15, 0.2) is 53.2 Å². The Bertz CT molecular complexity index is 889. The van der Waals surface area contributed by atoms with E-state index in [1.807, 2.05) is 49.4 Å². The lowest BCUT2D eigenvalue weighted by atomic mass is 10.1. The van der Waals surface area contributed by atoms with E-state index in [2.05, 4.69) is 9.99 Å². The van der Waals surface area contributed by atoms with E-state index in [4.69, 9.17) is 21.1 Å². The molecule has 0 spiro atoms. The lowest BCUT2D eigenvalue weighted by Crippen LogP contribution is -2.02. The molecule has 2 aromatic carbocycles. The average Bonchev–Trinajstić information content (AvgIpc) is 2.93. The van der Waals surface area contributed by atoms with Gasteiger partial charge in [-0.05, 0) is 55.3 Å². The van der Waals surface area contributed by atoms with Gasteiger partial charge in [0.25, 0.3) is 0 Å². The van der Waals surface area contributed by atoms with Crippen LogP contribution >= 0.6 is 11.6 Å². The molecule has 0 unspecified atom stereocenters. The maximum absolute atomic E-state index is 11.7. The molecule has 134 valence electrons. The fraction of sp³-hybridized carbons (Fsp3) is 0.200. The van der Waals surface area contributed by atoms with E-state index in [9.17, 15) is 4.79 Å². The summed E-state index contributed by atoms with van der Waals surface area (Å²) in [5.41, 5.74) is 2.74. The Morgan fingerprint density at radius 2 is 2.00 bits per heavy atom. The van der Waals surface area contributed by atoms with Gasteiger partial charge in [-0.2, -0.15) is 0 Å². The summed E-state index contributed by atoms with van der Waals surface area (Å²) >= 11 is 6.00. The van der Waals surface area contributed by atoms with E-state index in [0.29, 0.717) is 41.0 Å². The lowest BCUT2D eigenvalue weighted by molar-refractivity contribution is -0.136. The highest BCUT2D eigenvalue weighted by molar-refractivity contribution is 6.30. The first-order valence-corrected chi connectivity index (χ1v) is 8.56. The summed E-state index contributed by atoms with van der Waals surface area (Å²) in [5.74, 6) is 0.764. The van der Waals surface area contributed by atoms with Crippen LogP contribution in [0.1, 0.15) is 25.0 Å². The third kappa shape index (κ3) is 4.24. The minimum atomic E-state index is -0.457. The second-order valence-electron chi connectivity index (χ2n) is 5.67. The Labute approximate surface area is 156 Å². The predicted molar refractivity (Wildman–Crippen MR) is 101 cm³/mol. The molecule has 0 saturated carbocycles. The first-order valence-electron chi connectivity index (χ1n) is 8.19. The number of oxime groups is 1. The molecule has 26 heavy (non-hydrogen) atoms. The number of ether oxygens (including phenoxy) is 2. The van der Waals surface area contributed by atoms with Gasteiger partial charge in [0.15, 0.2) is 11.5 Å². The van der Waals surface area contributed by atoms with Gasteiger partial charge in [-0.15, -0.1) is 0 Å². The molecule has 0 amide bonds. The Morgan fingerprint density at radius 3 is 2.69 bits per heavy atom. The molecule has 0 radical (unpaired) electrons. The number of rotatable bonds is 6. The Hall–Kier alpha value is -2.79. The lowest BCUT2D eigenvalue weighted by Gasteiger charge is -2.13. The van der Waals surface area contributed by atoms with Gasteiger partial charge >= 0.3 is 5.97 Å². The van der Waals surface area contributed by atoms with Crippen LogP contribution in [0.4, 0.5) is 0 Å². The SMILES string of the molecule is CCOc1cc(C=C2C(=O)ON=C2C)ccc1OCc1cccc(Cl)c1. The quantitative estimate of drug-likeness (QED) is 0.548. The molecule has 0 bridgehead atoms. The van der Waals surface area contributed by atoms with Gasteiger partial charge in [0.05, 0.1) is 17.9 Å². The van der Waals surface area contributed by atoms with E-state index in [1.165, 1.54) is 0 Å². The molecule has 0 N–H and O–H groups in total. The van der Waals surface area contributed by atoms with E-state index in [-0.39, 0.29) is 0 Å². The van der Waals surface area contributed by atoms with Crippen molar-refractivity contribution < 1.29 is 19.1 Å². The van der Waals surface area contributed by atoms with E-state index in [0.717, 1.165) is 11.1 Å². The molecular weight excluding hydrogens is 354 g/mol. The largest absolute Gasteiger partial charge is 0.490 e. The monoisotopic (exact) mass is 371 g/mol. The molecule has 1 aliphatic heterocycles. The Balaban J connectivity index is 1.81. The maximum Gasteiger partial charge on any atom is 0.367 e. The zero-order chi connectivity index (χ0) is 18.5. The fourth-order valence-corrected chi connectivity index (χ4v) is 2.69. The molecule has 1 heterocycles. The van der Waals surface area contributed by atoms with Crippen molar-refractivity contribution in [1.29, 1.82) is 0 Å². The summed E-state index contributed by atoms with van der Waals surface area (Å²) in [5, 5.41) is 4.34. The zero-order valence-electron chi connectivity index (χ0n) is 14.5. The summed E-state index contributed by atoms with van der Waals surface area (Å²) in [7, 11) is 0. The second kappa shape index (κ2) is 8.06. The van der Waals surface area contributed by atoms with Crippen molar-refractivity contribution in [2.45, 2.75) is 20.5 Å². The maximum atomic E-state index is 11.7. The summed E-state index contributed by atoms with van der Waals surface area (Å²) in [6.45, 7) is 4.49. The molecular formula is C20H18ClNO4. The molecule has 1 aliphatic rings. The molecule has 0 atom stereocenters. The van der Waals surface area contributed by atoms with Crippen LogP contribution in [0.25, 0.3) is 6.08 Å². The number of nitrogens with zero attached hydrogens (tertiary/aromatic N) is 1. The van der Waals surface area contributed by atoms with Crippen molar-refractivity contribution >= 4 is 29.4 Å². The third-order valence-corrected chi connectivity index (χ3v) is 3.97. The van der Waals surface area contributed by atoms with Crippen LogP contribution in [0.2, 0.25) is 5.02 Å². The van der Waals surface area contributed by atoms with Crippen molar-refractivity contribution in [3.63, 3.8) is 0 Å². The summed E-state index contributed by atoms with van der Waals surface area (Å²) in [6, 6.07) is 13.0. The topological polar surface area (TPSA) is 57.1 Å². The molecule has 0 fully saturated rings. The van der Waals surface area contributed by atoms with Crippen LogP contribution in [0, 0.1) is 0 Å². The molecule has 0 saturated heterocycles. The van der Waals surface area contributed by atoms with Gasteiger partial charge < -0.3 is 14.3 Å². The van der Waals surface area contributed by atoms with Crippen molar-refractivity contribution in [1.82, 2.24) is 0 Å². The highest BCUT2D eigenvalue weighted by atomic mass is 35.5. The molecule has 0 aliphatic carbocycles.